The van der Waals surface area contributed by atoms with E-state index < -0.39 is 17.5 Å². The molecule has 0 aliphatic rings. The summed E-state index contributed by atoms with van der Waals surface area (Å²) in [4.78, 5) is 23.1. The molecule has 0 heterocycles. The molecule has 0 bridgehead atoms. The number of urea groups is 1. The van der Waals surface area contributed by atoms with Crippen LogP contribution >= 0.6 is 0 Å². The predicted molar refractivity (Wildman–Crippen MR) is 73.6 cm³/mol. The molecule has 3 amide bonds. The van der Waals surface area contributed by atoms with Crippen molar-refractivity contribution >= 4 is 11.9 Å². The highest BCUT2D eigenvalue weighted by atomic mass is 16.3. The highest BCUT2D eigenvalue weighted by Gasteiger charge is 2.40. The van der Waals surface area contributed by atoms with Gasteiger partial charge in [-0.1, -0.05) is 60.7 Å². The minimum absolute atomic E-state index is 0.352. The lowest BCUT2D eigenvalue weighted by Gasteiger charge is -2.27. The third-order valence-electron chi connectivity index (χ3n) is 2.95. The van der Waals surface area contributed by atoms with E-state index in [1.54, 1.807) is 60.7 Å². The summed E-state index contributed by atoms with van der Waals surface area (Å²) in [7, 11) is 0. The van der Waals surface area contributed by atoms with Gasteiger partial charge in [-0.2, -0.15) is 0 Å². The molecule has 0 saturated heterocycles. The van der Waals surface area contributed by atoms with Gasteiger partial charge in [0.25, 0.3) is 5.91 Å². The number of carbonyl (C=O) groups is 2. The van der Waals surface area contributed by atoms with Crippen molar-refractivity contribution in [1.29, 1.82) is 0 Å². The maximum Gasteiger partial charge on any atom is 0.318 e. The number of amides is 3. The van der Waals surface area contributed by atoms with E-state index in [-0.39, 0.29) is 0 Å². The highest BCUT2D eigenvalue weighted by Crippen LogP contribution is 2.29. The molecule has 0 saturated carbocycles. The molecule has 0 unspecified atom stereocenters. The number of imide groups is 1. The topological polar surface area (TPSA) is 92.4 Å². The fourth-order valence-corrected chi connectivity index (χ4v) is 1.99. The molecule has 0 aromatic heterocycles. The predicted octanol–water partition coefficient (Wildman–Crippen LogP) is 1.12. The molecular weight excluding hydrogens is 256 g/mol. The van der Waals surface area contributed by atoms with Crippen molar-refractivity contribution in [3.8, 4) is 0 Å². The summed E-state index contributed by atoms with van der Waals surface area (Å²) in [5.41, 5.74) is 3.69. The molecule has 5 heteroatoms. The SMILES string of the molecule is NC(=O)NC(=O)C(O)(c1ccccc1)c1ccccc1. The van der Waals surface area contributed by atoms with Crippen molar-refractivity contribution in [2.75, 3.05) is 0 Å². The quantitative estimate of drug-likeness (QED) is 0.780. The van der Waals surface area contributed by atoms with Gasteiger partial charge in [-0.05, 0) is 11.1 Å². The third kappa shape index (κ3) is 2.53. The van der Waals surface area contributed by atoms with E-state index in [9.17, 15) is 14.7 Å². The van der Waals surface area contributed by atoms with E-state index in [0.717, 1.165) is 0 Å². The van der Waals surface area contributed by atoms with Gasteiger partial charge in [0.1, 0.15) is 0 Å². The fourth-order valence-electron chi connectivity index (χ4n) is 1.99. The molecule has 4 N–H and O–H groups in total. The van der Waals surface area contributed by atoms with Crippen LogP contribution in [0.5, 0.6) is 0 Å². The molecule has 2 aromatic rings. The first-order valence-electron chi connectivity index (χ1n) is 5.99. The number of nitrogens with two attached hydrogens (primary N) is 1. The first-order valence-corrected chi connectivity index (χ1v) is 5.99. The van der Waals surface area contributed by atoms with E-state index in [1.165, 1.54) is 0 Å². The van der Waals surface area contributed by atoms with Gasteiger partial charge in [0.05, 0.1) is 0 Å². The monoisotopic (exact) mass is 270 g/mol. The van der Waals surface area contributed by atoms with Crippen molar-refractivity contribution in [3.05, 3.63) is 71.8 Å². The lowest BCUT2D eigenvalue weighted by molar-refractivity contribution is -0.135. The molecular formula is C15H14N2O3. The maximum absolute atomic E-state index is 12.2. The Morgan fingerprint density at radius 3 is 1.65 bits per heavy atom. The Morgan fingerprint density at radius 2 is 1.30 bits per heavy atom. The second-order valence-corrected chi connectivity index (χ2v) is 4.26. The Kier molecular flexibility index (Phi) is 3.81. The summed E-state index contributed by atoms with van der Waals surface area (Å²) in [6.45, 7) is 0. The van der Waals surface area contributed by atoms with Crippen LogP contribution in [-0.2, 0) is 10.4 Å². The number of carbonyl (C=O) groups excluding carboxylic acids is 2. The second kappa shape index (κ2) is 5.54. The molecule has 2 aromatic carbocycles. The number of rotatable bonds is 3. The molecule has 5 nitrogen and oxygen atoms in total. The molecule has 2 rings (SSSR count). The van der Waals surface area contributed by atoms with Crippen molar-refractivity contribution < 1.29 is 14.7 Å². The van der Waals surface area contributed by atoms with E-state index in [4.69, 9.17) is 5.73 Å². The minimum atomic E-state index is -1.97. The number of benzene rings is 2. The summed E-state index contributed by atoms with van der Waals surface area (Å²) in [6.07, 6.45) is 0. The summed E-state index contributed by atoms with van der Waals surface area (Å²) in [6, 6.07) is 15.7. The minimum Gasteiger partial charge on any atom is -0.372 e. The molecule has 0 atom stereocenters. The largest absolute Gasteiger partial charge is 0.372 e. The molecule has 0 aliphatic carbocycles. The standard InChI is InChI=1S/C15H14N2O3/c16-14(19)17-13(18)15(20,11-7-3-1-4-8-11)12-9-5-2-6-10-12/h1-10,20H,(H3,16,17,18,19). The highest BCUT2D eigenvalue weighted by molar-refractivity contribution is 6.00. The molecule has 102 valence electrons. The van der Waals surface area contributed by atoms with Gasteiger partial charge in [-0.25, -0.2) is 4.79 Å². The van der Waals surface area contributed by atoms with Crippen LogP contribution in [0.3, 0.4) is 0 Å². The summed E-state index contributed by atoms with van der Waals surface area (Å²) < 4.78 is 0. The number of nitrogens with one attached hydrogen (secondary N) is 1. The lowest BCUT2D eigenvalue weighted by atomic mass is 9.85. The van der Waals surface area contributed by atoms with Gasteiger partial charge >= 0.3 is 6.03 Å². The molecule has 0 spiro atoms. The Labute approximate surface area is 116 Å². The Hall–Kier alpha value is -2.66. The normalized spacial score (nSPS) is 10.8. The van der Waals surface area contributed by atoms with Gasteiger partial charge in [0.2, 0.25) is 0 Å². The first-order chi connectivity index (χ1) is 9.55. The lowest BCUT2D eigenvalue weighted by Crippen LogP contribution is -2.49. The fraction of sp³-hybridized carbons (Fsp3) is 0.0667. The summed E-state index contributed by atoms with van der Waals surface area (Å²) in [5, 5.41) is 12.8. The Bertz CT molecular complexity index is 572. The Balaban J connectivity index is 2.55. The number of aliphatic hydroxyl groups is 1. The van der Waals surface area contributed by atoms with E-state index in [2.05, 4.69) is 0 Å². The number of primary amides is 1. The Morgan fingerprint density at radius 1 is 0.900 bits per heavy atom. The third-order valence-corrected chi connectivity index (χ3v) is 2.95. The average Bonchev–Trinajstić information content (AvgIpc) is 2.47. The van der Waals surface area contributed by atoms with Crippen molar-refractivity contribution in [3.63, 3.8) is 0 Å². The van der Waals surface area contributed by atoms with Gasteiger partial charge in [0, 0.05) is 0 Å². The van der Waals surface area contributed by atoms with Gasteiger partial charge in [0.15, 0.2) is 5.60 Å². The maximum atomic E-state index is 12.2. The van der Waals surface area contributed by atoms with Crippen molar-refractivity contribution in [2.24, 2.45) is 5.73 Å². The van der Waals surface area contributed by atoms with Crippen molar-refractivity contribution in [2.45, 2.75) is 5.60 Å². The summed E-state index contributed by atoms with van der Waals surface area (Å²) in [5.74, 6) is -0.887. The second-order valence-electron chi connectivity index (χ2n) is 4.26. The van der Waals surface area contributed by atoms with Crippen LogP contribution in [0.25, 0.3) is 0 Å². The van der Waals surface area contributed by atoms with Gasteiger partial charge < -0.3 is 10.8 Å². The average molecular weight is 270 g/mol. The van der Waals surface area contributed by atoms with Crippen LogP contribution in [0.4, 0.5) is 4.79 Å². The van der Waals surface area contributed by atoms with Crippen molar-refractivity contribution in [1.82, 2.24) is 5.32 Å². The summed E-state index contributed by atoms with van der Waals surface area (Å²) >= 11 is 0. The molecule has 0 aliphatic heterocycles. The van der Waals surface area contributed by atoms with E-state index >= 15 is 0 Å². The molecule has 0 fully saturated rings. The number of hydrogen-bond donors (Lipinski definition) is 3. The zero-order chi connectivity index (χ0) is 14.6. The van der Waals surface area contributed by atoms with Crippen LogP contribution < -0.4 is 11.1 Å². The van der Waals surface area contributed by atoms with Crippen LogP contribution in [-0.4, -0.2) is 17.0 Å². The first kappa shape index (κ1) is 13.8. The zero-order valence-corrected chi connectivity index (χ0v) is 10.6. The zero-order valence-electron chi connectivity index (χ0n) is 10.6. The van der Waals surface area contributed by atoms with E-state index in [0.29, 0.717) is 11.1 Å². The van der Waals surface area contributed by atoms with Crippen LogP contribution in [0.2, 0.25) is 0 Å². The van der Waals surface area contributed by atoms with Gasteiger partial charge in [-0.3, -0.25) is 10.1 Å². The smallest absolute Gasteiger partial charge is 0.318 e. The number of hydrogen-bond acceptors (Lipinski definition) is 3. The van der Waals surface area contributed by atoms with Crippen LogP contribution in [0, 0.1) is 0 Å². The van der Waals surface area contributed by atoms with Gasteiger partial charge in [-0.15, -0.1) is 0 Å². The molecule has 0 radical (unpaired) electrons. The van der Waals surface area contributed by atoms with Crippen LogP contribution in [0.15, 0.2) is 60.7 Å². The van der Waals surface area contributed by atoms with Crippen LogP contribution in [0.1, 0.15) is 11.1 Å². The van der Waals surface area contributed by atoms with E-state index in [1.807, 2.05) is 5.32 Å². The molecule has 20 heavy (non-hydrogen) atoms.